The van der Waals surface area contributed by atoms with E-state index in [1.165, 1.54) is 6.07 Å². The molecule has 2 heterocycles. The van der Waals surface area contributed by atoms with Crippen LogP contribution in [0.4, 0.5) is 0 Å². The normalized spacial score (nSPS) is 23.1. The third-order valence-corrected chi connectivity index (χ3v) is 6.72. The minimum Gasteiger partial charge on any atom is -0.478 e. The molecule has 8 heteroatoms. The van der Waals surface area contributed by atoms with Gasteiger partial charge in [-0.25, -0.2) is 4.79 Å². The van der Waals surface area contributed by atoms with Gasteiger partial charge in [0.15, 0.2) is 18.4 Å². The Hall–Kier alpha value is -3.56. The molecule has 0 bridgehead atoms. The molecule has 2 saturated heterocycles. The van der Waals surface area contributed by atoms with Crippen LogP contribution >= 0.6 is 0 Å². The Morgan fingerprint density at radius 2 is 1.51 bits per heavy atom. The summed E-state index contributed by atoms with van der Waals surface area (Å²) >= 11 is 0. The number of carbonyl (C=O) groups excluding carboxylic acids is 1. The molecule has 37 heavy (non-hydrogen) atoms. The molecule has 1 N–H and O–H groups in total. The van der Waals surface area contributed by atoms with Gasteiger partial charge in [0.05, 0.1) is 5.56 Å². The summed E-state index contributed by atoms with van der Waals surface area (Å²) in [6.45, 7) is 5.65. The Morgan fingerprint density at radius 1 is 0.892 bits per heavy atom. The van der Waals surface area contributed by atoms with E-state index in [9.17, 15) is 14.7 Å². The fourth-order valence-electron chi connectivity index (χ4n) is 4.46. The number of carboxylic acids is 1. The molecular weight excluding hydrogens is 474 g/mol. The Labute approximate surface area is 215 Å². The van der Waals surface area contributed by atoms with Crippen LogP contribution in [0.1, 0.15) is 69.3 Å². The molecule has 2 atom stereocenters. The topological polar surface area (TPSA) is 94.5 Å². The van der Waals surface area contributed by atoms with E-state index < -0.39 is 24.8 Å². The lowest BCUT2D eigenvalue weighted by Crippen LogP contribution is -2.48. The van der Waals surface area contributed by atoms with Crippen LogP contribution in [0.3, 0.4) is 0 Å². The van der Waals surface area contributed by atoms with Gasteiger partial charge in [-0.05, 0) is 69.8 Å². The maximum Gasteiger partial charge on any atom is 0.336 e. The van der Waals surface area contributed by atoms with Gasteiger partial charge in [-0.15, -0.1) is 0 Å². The maximum absolute atomic E-state index is 13.4. The summed E-state index contributed by atoms with van der Waals surface area (Å²) in [5.41, 5.74) is 3.16. The molecule has 0 spiro atoms. The number of carboxylic acid groups (broad SMARTS) is 1. The number of benzene rings is 3. The van der Waals surface area contributed by atoms with E-state index in [-0.39, 0.29) is 29.6 Å². The Bertz CT molecular complexity index is 1310. The van der Waals surface area contributed by atoms with Crippen molar-refractivity contribution in [2.75, 3.05) is 7.05 Å². The van der Waals surface area contributed by atoms with Crippen LogP contribution in [0.25, 0.3) is 0 Å². The van der Waals surface area contributed by atoms with Crippen molar-refractivity contribution in [2.45, 2.75) is 52.2 Å². The van der Waals surface area contributed by atoms with Gasteiger partial charge < -0.3 is 24.1 Å². The summed E-state index contributed by atoms with van der Waals surface area (Å²) in [6.07, 6.45) is -1.73. The summed E-state index contributed by atoms with van der Waals surface area (Å²) in [7, 11) is 1.85. The molecule has 8 nitrogen and oxygen atoms in total. The first-order chi connectivity index (χ1) is 17.7. The van der Waals surface area contributed by atoms with Gasteiger partial charge in [0, 0.05) is 23.1 Å². The minimum absolute atomic E-state index is 0.0186. The highest BCUT2D eigenvalue weighted by atomic mass is 16.9. The zero-order valence-corrected chi connectivity index (χ0v) is 21.1. The van der Waals surface area contributed by atoms with Crippen molar-refractivity contribution in [3.63, 3.8) is 0 Å². The molecular formula is C29H29NO7. The molecule has 0 radical (unpaired) electrons. The highest BCUT2D eigenvalue weighted by Gasteiger charge is 2.39. The summed E-state index contributed by atoms with van der Waals surface area (Å²) in [4.78, 5) is 27.5. The summed E-state index contributed by atoms with van der Waals surface area (Å²) in [5, 5.41) is 9.93. The average molecular weight is 504 g/mol. The summed E-state index contributed by atoms with van der Waals surface area (Å²) in [6, 6.07) is 18.1. The molecule has 0 amide bonds. The predicted molar refractivity (Wildman–Crippen MR) is 135 cm³/mol. The Morgan fingerprint density at radius 3 is 2.05 bits per heavy atom. The minimum atomic E-state index is -1.13. The molecule has 2 aliphatic heterocycles. The first kappa shape index (κ1) is 25.1. The van der Waals surface area contributed by atoms with E-state index in [1.807, 2.05) is 62.2 Å². The van der Waals surface area contributed by atoms with E-state index in [0.717, 1.165) is 16.9 Å². The van der Waals surface area contributed by atoms with Crippen LogP contribution in [0.15, 0.2) is 60.7 Å². The fraction of sp³-hybridized carbons (Fsp3) is 0.310. The molecule has 2 unspecified atom stereocenters. The second-order valence-corrected chi connectivity index (χ2v) is 9.42. The molecule has 192 valence electrons. The number of hydrogen-bond donors (Lipinski definition) is 1. The van der Waals surface area contributed by atoms with Crippen LogP contribution in [0.2, 0.25) is 0 Å². The van der Waals surface area contributed by atoms with Crippen molar-refractivity contribution in [2.24, 2.45) is 0 Å². The van der Waals surface area contributed by atoms with Gasteiger partial charge in [0.1, 0.15) is 24.0 Å². The molecule has 0 saturated carbocycles. The lowest BCUT2D eigenvalue weighted by molar-refractivity contribution is -0.382. The maximum atomic E-state index is 13.4. The molecule has 2 fully saturated rings. The van der Waals surface area contributed by atoms with E-state index in [4.69, 9.17) is 18.9 Å². The average Bonchev–Trinajstić information content (AvgIpc) is 2.86. The lowest BCUT2D eigenvalue weighted by Gasteiger charge is -2.45. The van der Waals surface area contributed by atoms with Crippen molar-refractivity contribution in [1.82, 2.24) is 4.90 Å². The molecule has 3 aromatic carbocycles. The Kier molecular flexibility index (Phi) is 6.83. The zero-order chi connectivity index (χ0) is 26.3. The number of ketones is 1. The van der Waals surface area contributed by atoms with Crippen LogP contribution in [-0.2, 0) is 20.6 Å². The smallest absolute Gasteiger partial charge is 0.336 e. The predicted octanol–water partition coefficient (Wildman–Crippen LogP) is 5.61. The van der Waals surface area contributed by atoms with Crippen LogP contribution < -0.4 is 4.74 Å². The number of Topliss-reactive ketones (excluding diaryl/α,β-unsaturated/α-hetero) is 1. The summed E-state index contributed by atoms with van der Waals surface area (Å²) < 4.78 is 23.0. The first-order valence-corrected chi connectivity index (χ1v) is 12.2. The number of aromatic carboxylic acids is 1. The number of carbonyl (C=O) groups is 2. The van der Waals surface area contributed by atoms with Gasteiger partial charge >= 0.3 is 5.97 Å². The third-order valence-electron chi connectivity index (χ3n) is 6.72. The van der Waals surface area contributed by atoms with Crippen LogP contribution in [0, 0.1) is 6.92 Å². The van der Waals surface area contributed by atoms with Crippen molar-refractivity contribution in [3.05, 3.63) is 94.0 Å². The lowest BCUT2D eigenvalue weighted by atomic mass is 9.91. The number of nitrogens with zero attached hydrogens (tertiary/aromatic N) is 1. The second-order valence-electron chi connectivity index (χ2n) is 9.42. The SMILES string of the molecule is Cc1ccc(Oc2ccc(CC(=O)c3cc(C(=O)O)c(C4OC(C)N4C)cc3C3OC(C)O3)cc2)cc1. The van der Waals surface area contributed by atoms with Crippen molar-refractivity contribution in [3.8, 4) is 11.5 Å². The number of hydrogen-bond acceptors (Lipinski definition) is 7. The summed E-state index contributed by atoms with van der Waals surface area (Å²) in [5.74, 6) is 0.0146. The van der Waals surface area contributed by atoms with E-state index >= 15 is 0 Å². The number of ether oxygens (including phenoxy) is 4. The molecule has 0 aromatic heterocycles. The number of aryl methyl sites for hydroxylation is 1. The van der Waals surface area contributed by atoms with Crippen LogP contribution in [0.5, 0.6) is 11.5 Å². The van der Waals surface area contributed by atoms with Gasteiger partial charge in [0.2, 0.25) is 0 Å². The number of rotatable bonds is 8. The molecule has 5 rings (SSSR count). The zero-order valence-electron chi connectivity index (χ0n) is 21.1. The third kappa shape index (κ3) is 5.14. The van der Waals surface area contributed by atoms with E-state index in [0.29, 0.717) is 16.9 Å². The second kappa shape index (κ2) is 10.1. The first-order valence-electron chi connectivity index (χ1n) is 12.2. The van der Waals surface area contributed by atoms with Crippen molar-refractivity contribution >= 4 is 11.8 Å². The van der Waals surface area contributed by atoms with Gasteiger partial charge in [-0.2, -0.15) is 0 Å². The highest BCUT2D eigenvalue weighted by Crippen LogP contribution is 2.41. The van der Waals surface area contributed by atoms with Crippen molar-refractivity contribution < 1.29 is 33.6 Å². The quantitative estimate of drug-likeness (QED) is 0.397. The molecule has 2 aliphatic rings. The standard InChI is InChI=1S/C29H29NO7/c1-16-5-9-20(10-6-16)37-21-11-7-19(8-12-21)13-26(31)22-14-24(28(32)33)23(27-30(4)17(2)34-27)15-25(22)29-35-18(3)36-29/h5-12,14-15,17-18,27,29H,13H2,1-4H3,(H,32,33). The van der Waals surface area contributed by atoms with Crippen molar-refractivity contribution in [1.29, 1.82) is 0 Å². The van der Waals surface area contributed by atoms with E-state index in [1.54, 1.807) is 25.1 Å². The Balaban J connectivity index is 1.40. The molecule has 0 aliphatic carbocycles. The monoisotopic (exact) mass is 503 g/mol. The van der Waals surface area contributed by atoms with Gasteiger partial charge in [-0.1, -0.05) is 29.8 Å². The molecule has 3 aromatic rings. The van der Waals surface area contributed by atoms with Crippen LogP contribution in [-0.4, -0.2) is 41.3 Å². The van der Waals surface area contributed by atoms with E-state index in [2.05, 4.69) is 0 Å². The highest BCUT2D eigenvalue weighted by molar-refractivity contribution is 6.02. The van der Waals surface area contributed by atoms with Gasteiger partial charge in [0.25, 0.3) is 0 Å². The fourth-order valence-corrected chi connectivity index (χ4v) is 4.46. The largest absolute Gasteiger partial charge is 0.478 e. The van der Waals surface area contributed by atoms with Gasteiger partial charge in [-0.3, -0.25) is 9.69 Å².